The van der Waals surface area contributed by atoms with E-state index in [-0.39, 0.29) is 5.56 Å². The van der Waals surface area contributed by atoms with Crippen LogP contribution in [0.5, 0.6) is 0 Å². The summed E-state index contributed by atoms with van der Waals surface area (Å²) in [6.07, 6.45) is 12.1. The zero-order chi connectivity index (χ0) is 15.6. The van der Waals surface area contributed by atoms with Crippen molar-refractivity contribution in [3.8, 4) is 0 Å². The van der Waals surface area contributed by atoms with Crippen LogP contribution in [0, 0.1) is 0 Å². The molecule has 4 rings (SSSR count). The van der Waals surface area contributed by atoms with Crippen LogP contribution >= 0.6 is 0 Å². The van der Waals surface area contributed by atoms with Crippen molar-refractivity contribution in [1.29, 1.82) is 0 Å². The molecule has 2 saturated carbocycles. The summed E-state index contributed by atoms with van der Waals surface area (Å²) in [7, 11) is 0. The Kier molecular flexibility index (Phi) is 4.49. The molecule has 3 aliphatic rings. The first kappa shape index (κ1) is 15.3. The van der Waals surface area contributed by atoms with Crippen molar-refractivity contribution in [2.75, 3.05) is 13.1 Å². The largest absolute Gasteiger partial charge is 0.313 e. The van der Waals surface area contributed by atoms with Gasteiger partial charge in [-0.25, -0.2) is 4.98 Å². The van der Waals surface area contributed by atoms with E-state index in [0.717, 1.165) is 24.6 Å². The van der Waals surface area contributed by atoms with Gasteiger partial charge >= 0.3 is 0 Å². The molecule has 3 fully saturated rings. The summed E-state index contributed by atoms with van der Waals surface area (Å²) < 4.78 is 0. The molecule has 0 atom stereocenters. The molecule has 1 aromatic heterocycles. The Morgan fingerprint density at radius 2 is 1.83 bits per heavy atom. The Bertz CT molecular complexity index is 566. The highest BCUT2D eigenvalue weighted by molar-refractivity contribution is 5.12. The second-order valence-electron chi connectivity index (χ2n) is 7.62. The predicted molar refractivity (Wildman–Crippen MR) is 90.6 cm³/mol. The molecule has 2 N–H and O–H groups in total. The van der Waals surface area contributed by atoms with Crippen LogP contribution in [0.15, 0.2) is 17.2 Å². The van der Waals surface area contributed by atoms with E-state index < -0.39 is 0 Å². The fraction of sp³-hybridized carbons (Fsp3) is 0.778. The quantitative estimate of drug-likeness (QED) is 0.892. The van der Waals surface area contributed by atoms with Gasteiger partial charge in [0, 0.05) is 30.1 Å². The van der Waals surface area contributed by atoms with Crippen LogP contribution in [-0.4, -0.2) is 46.1 Å². The Balaban J connectivity index is 1.20. The summed E-state index contributed by atoms with van der Waals surface area (Å²) in [5.41, 5.74) is 0.925. The molecule has 23 heavy (non-hydrogen) atoms. The van der Waals surface area contributed by atoms with E-state index >= 15 is 0 Å². The molecule has 0 unspecified atom stereocenters. The first-order valence-electron chi connectivity index (χ1n) is 9.32. The van der Waals surface area contributed by atoms with E-state index in [2.05, 4.69) is 20.2 Å². The normalized spacial score (nSPS) is 30.4. The summed E-state index contributed by atoms with van der Waals surface area (Å²) in [5.74, 6) is 0.466. The first-order chi connectivity index (χ1) is 11.3. The van der Waals surface area contributed by atoms with Gasteiger partial charge in [0.25, 0.3) is 5.56 Å². The molecule has 126 valence electrons. The molecule has 0 radical (unpaired) electrons. The van der Waals surface area contributed by atoms with Crippen LogP contribution in [0.25, 0.3) is 0 Å². The zero-order valence-corrected chi connectivity index (χ0v) is 13.8. The van der Waals surface area contributed by atoms with E-state index in [4.69, 9.17) is 0 Å². The first-order valence-corrected chi connectivity index (χ1v) is 9.32. The number of H-pyrrole nitrogens is 1. The smallest absolute Gasteiger partial charge is 0.250 e. The Hall–Kier alpha value is -1.20. The number of aromatic nitrogens is 2. The van der Waals surface area contributed by atoms with Gasteiger partial charge in [0.2, 0.25) is 0 Å². The fourth-order valence-electron chi connectivity index (χ4n) is 4.64. The molecular weight excluding hydrogens is 288 g/mol. The minimum absolute atomic E-state index is 0.0364. The van der Waals surface area contributed by atoms with Gasteiger partial charge in [-0.15, -0.1) is 0 Å². The van der Waals surface area contributed by atoms with Crippen molar-refractivity contribution in [2.45, 2.75) is 75.4 Å². The number of piperidine rings is 1. The average Bonchev–Trinajstić information content (AvgIpc) is 3.05. The molecule has 5 heteroatoms. The number of likely N-dealkylation sites (tertiary alicyclic amines) is 1. The number of hydrogen-bond acceptors (Lipinski definition) is 4. The molecule has 1 aliphatic heterocycles. The van der Waals surface area contributed by atoms with Gasteiger partial charge in [-0.2, -0.15) is 0 Å². The number of hydrogen-bond donors (Lipinski definition) is 2. The van der Waals surface area contributed by atoms with Gasteiger partial charge in [-0.3, -0.25) is 4.79 Å². The van der Waals surface area contributed by atoms with E-state index in [0.29, 0.717) is 18.0 Å². The highest BCUT2D eigenvalue weighted by atomic mass is 16.1. The molecule has 0 bridgehead atoms. The van der Waals surface area contributed by atoms with E-state index in [1.807, 2.05) is 0 Å². The highest BCUT2D eigenvalue weighted by Crippen LogP contribution is 2.36. The van der Waals surface area contributed by atoms with Gasteiger partial charge in [-0.1, -0.05) is 12.8 Å². The Morgan fingerprint density at radius 1 is 1.09 bits per heavy atom. The lowest BCUT2D eigenvalue weighted by Gasteiger charge is -2.41. The number of nitrogens with zero attached hydrogens (tertiary/aromatic N) is 2. The third-order valence-corrected chi connectivity index (χ3v) is 6.10. The SMILES string of the molecule is O=c1cc(C2CC(NC3CCN(C4CCCC4)CC3)C2)nc[nH]1. The van der Waals surface area contributed by atoms with Gasteiger partial charge in [0.05, 0.1) is 12.0 Å². The van der Waals surface area contributed by atoms with Crippen molar-refractivity contribution < 1.29 is 0 Å². The Morgan fingerprint density at radius 3 is 2.52 bits per heavy atom. The molecule has 0 amide bonds. The third kappa shape index (κ3) is 3.50. The maximum Gasteiger partial charge on any atom is 0.250 e. The van der Waals surface area contributed by atoms with Crippen LogP contribution in [-0.2, 0) is 0 Å². The van der Waals surface area contributed by atoms with Gasteiger partial charge < -0.3 is 15.2 Å². The monoisotopic (exact) mass is 316 g/mol. The fourth-order valence-corrected chi connectivity index (χ4v) is 4.64. The average molecular weight is 316 g/mol. The molecule has 0 spiro atoms. The predicted octanol–water partition coefficient (Wildman–Crippen LogP) is 2.01. The van der Waals surface area contributed by atoms with E-state index in [1.165, 1.54) is 57.9 Å². The Labute approximate surface area is 137 Å². The van der Waals surface area contributed by atoms with Crippen LogP contribution in [0.4, 0.5) is 0 Å². The maximum absolute atomic E-state index is 11.4. The number of aromatic amines is 1. The summed E-state index contributed by atoms with van der Waals surface area (Å²) in [6.45, 7) is 2.54. The number of rotatable bonds is 4. The number of nitrogens with one attached hydrogen (secondary N) is 2. The molecule has 2 aliphatic carbocycles. The topological polar surface area (TPSA) is 61.0 Å². The van der Waals surface area contributed by atoms with Crippen LogP contribution in [0.3, 0.4) is 0 Å². The van der Waals surface area contributed by atoms with Crippen molar-refractivity contribution in [3.05, 3.63) is 28.4 Å². The summed E-state index contributed by atoms with van der Waals surface area (Å²) >= 11 is 0. The molecule has 0 aromatic carbocycles. The van der Waals surface area contributed by atoms with Crippen molar-refractivity contribution >= 4 is 0 Å². The van der Waals surface area contributed by atoms with Crippen LogP contribution in [0.1, 0.15) is 63.0 Å². The summed E-state index contributed by atoms with van der Waals surface area (Å²) in [6, 6.07) is 3.84. The van der Waals surface area contributed by atoms with Crippen molar-refractivity contribution in [2.24, 2.45) is 0 Å². The van der Waals surface area contributed by atoms with E-state index in [1.54, 1.807) is 6.07 Å². The standard InChI is InChI=1S/C18H28N4O/c23-18-11-17(19-12-20-18)13-9-15(10-13)21-14-5-7-22(8-6-14)16-3-1-2-4-16/h11-16,21H,1-10H2,(H,19,20,23). The lowest BCUT2D eigenvalue weighted by atomic mass is 9.77. The molecular formula is C18H28N4O. The van der Waals surface area contributed by atoms with Gasteiger partial charge in [-0.05, 0) is 51.6 Å². The minimum atomic E-state index is -0.0364. The lowest BCUT2D eigenvalue weighted by Crippen LogP contribution is -2.51. The van der Waals surface area contributed by atoms with E-state index in [9.17, 15) is 4.79 Å². The highest BCUT2D eigenvalue weighted by Gasteiger charge is 2.34. The third-order valence-electron chi connectivity index (χ3n) is 6.10. The van der Waals surface area contributed by atoms with Crippen LogP contribution in [0.2, 0.25) is 0 Å². The van der Waals surface area contributed by atoms with Gasteiger partial charge in [0.1, 0.15) is 0 Å². The zero-order valence-electron chi connectivity index (χ0n) is 13.8. The summed E-state index contributed by atoms with van der Waals surface area (Å²) in [4.78, 5) is 21.0. The maximum atomic E-state index is 11.4. The van der Waals surface area contributed by atoms with Crippen molar-refractivity contribution in [3.63, 3.8) is 0 Å². The minimum Gasteiger partial charge on any atom is -0.313 e. The molecule has 5 nitrogen and oxygen atoms in total. The second-order valence-corrected chi connectivity index (χ2v) is 7.62. The summed E-state index contributed by atoms with van der Waals surface area (Å²) in [5, 5.41) is 3.84. The molecule has 1 aromatic rings. The lowest BCUT2D eigenvalue weighted by molar-refractivity contribution is 0.131. The van der Waals surface area contributed by atoms with Crippen LogP contribution < -0.4 is 10.9 Å². The molecule has 1 saturated heterocycles. The van der Waals surface area contributed by atoms with Crippen molar-refractivity contribution in [1.82, 2.24) is 20.2 Å². The second kappa shape index (κ2) is 6.73. The van der Waals surface area contributed by atoms with Gasteiger partial charge in [0.15, 0.2) is 0 Å². The molecule has 2 heterocycles.